The number of fused-ring (bicyclic) bond motifs is 4. The Morgan fingerprint density at radius 1 is 0.476 bits per heavy atom. The third-order valence-corrected chi connectivity index (χ3v) is 8.23. The molecule has 4 aromatic carbocycles. The van der Waals surface area contributed by atoms with Gasteiger partial charge in [-0.1, -0.05) is 62.1 Å². The lowest BCUT2D eigenvalue weighted by Crippen LogP contribution is -2.10. The Kier molecular flexibility index (Phi) is 7.95. The van der Waals surface area contributed by atoms with Crippen LogP contribution in [0, 0.1) is 0 Å². The number of rotatable bonds is 11. The molecule has 0 spiro atoms. The van der Waals surface area contributed by atoms with E-state index in [1.165, 1.54) is 0 Å². The summed E-state index contributed by atoms with van der Waals surface area (Å²) in [6, 6.07) is 26.9. The van der Waals surface area contributed by atoms with Gasteiger partial charge in [0.15, 0.2) is 10.9 Å². The van der Waals surface area contributed by atoms with Gasteiger partial charge >= 0.3 is 0 Å². The predicted molar refractivity (Wildman–Crippen MR) is 172 cm³/mol. The van der Waals surface area contributed by atoms with Crippen molar-refractivity contribution in [3.63, 3.8) is 0 Å². The van der Waals surface area contributed by atoms with Crippen LogP contribution in [0.2, 0.25) is 0 Å². The molecule has 0 aliphatic heterocycles. The van der Waals surface area contributed by atoms with E-state index < -0.39 is 0 Å². The molecule has 0 amide bonds. The number of unbranched alkanes of at least 4 members (excludes halogenated alkanes) is 5. The maximum absolute atomic E-state index is 13.0. The monoisotopic (exact) mass is 560 g/mol. The van der Waals surface area contributed by atoms with Gasteiger partial charge in [0.1, 0.15) is 11.5 Å². The Bertz CT molecular complexity index is 1880. The second-order valence-corrected chi connectivity index (χ2v) is 10.9. The molecule has 0 saturated heterocycles. The highest BCUT2D eigenvalue weighted by Gasteiger charge is 2.14. The first-order valence-corrected chi connectivity index (χ1v) is 14.8. The first kappa shape index (κ1) is 27.6. The fourth-order valence-corrected chi connectivity index (χ4v) is 6.06. The first-order valence-electron chi connectivity index (χ1n) is 14.8. The summed E-state index contributed by atoms with van der Waals surface area (Å²) in [5.74, 6) is 1.52. The van der Waals surface area contributed by atoms with Gasteiger partial charge in [-0.2, -0.15) is 0 Å². The third kappa shape index (κ3) is 5.13. The molecule has 2 heterocycles. The van der Waals surface area contributed by atoms with Crippen LogP contribution in [-0.4, -0.2) is 22.3 Å². The standard InChI is InChI=1S/C36H36N2O4/c1-37-29-19-9-7-15-25(29)35(39)27-17-13-21-31(33(27)37)41-23-11-5-3-4-6-12-24-42-32-22-14-18-28-34(32)38(2)30-20-10-8-16-26(30)36(28)40/h7-10,13-22H,3-6,11-12,23-24H2,1-2H3. The molecule has 6 nitrogen and oxygen atoms in total. The Balaban J connectivity index is 0.976. The quantitative estimate of drug-likeness (QED) is 0.122. The van der Waals surface area contributed by atoms with Gasteiger partial charge in [0, 0.05) is 24.9 Å². The van der Waals surface area contributed by atoms with E-state index in [1.54, 1.807) is 0 Å². The van der Waals surface area contributed by atoms with Crippen molar-refractivity contribution in [1.82, 2.24) is 9.13 Å². The summed E-state index contributed by atoms with van der Waals surface area (Å²) in [5, 5.41) is 2.84. The average Bonchev–Trinajstić information content (AvgIpc) is 3.03. The minimum atomic E-state index is 0.0473. The zero-order chi connectivity index (χ0) is 29.1. The molecule has 6 aromatic rings. The molecule has 6 rings (SSSR count). The van der Waals surface area contributed by atoms with E-state index in [0.717, 1.165) is 82.9 Å². The maximum atomic E-state index is 13.0. The minimum Gasteiger partial charge on any atom is -0.491 e. The van der Waals surface area contributed by atoms with E-state index in [2.05, 4.69) is 9.13 Å². The molecule has 0 unspecified atom stereocenters. The molecular formula is C36H36N2O4. The van der Waals surface area contributed by atoms with Crippen LogP contribution in [0.5, 0.6) is 11.5 Å². The number of aryl methyl sites for hydroxylation is 2. The summed E-state index contributed by atoms with van der Waals surface area (Å²) in [6.07, 6.45) is 6.38. The Labute approximate surface area is 244 Å². The van der Waals surface area contributed by atoms with Gasteiger partial charge in [0.25, 0.3) is 0 Å². The lowest BCUT2D eigenvalue weighted by Gasteiger charge is -2.15. The summed E-state index contributed by atoms with van der Waals surface area (Å²) >= 11 is 0. The van der Waals surface area contributed by atoms with E-state index in [-0.39, 0.29) is 10.9 Å². The SMILES string of the molecule is Cn1c2ccccc2c(=O)c2cccc(OCCCCCCCCOc3cccc4c(=O)c5ccccc5n(C)c34)c21. The lowest BCUT2D eigenvalue weighted by atomic mass is 10.1. The fourth-order valence-electron chi connectivity index (χ4n) is 6.06. The molecule has 0 radical (unpaired) electrons. The van der Waals surface area contributed by atoms with Crippen LogP contribution in [0.3, 0.4) is 0 Å². The highest BCUT2D eigenvalue weighted by Crippen LogP contribution is 2.28. The van der Waals surface area contributed by atoms with Gasteiger partial charge in [-0.15, -0.1) is 0 Å². The molecule has 0 bridgehead atoms. The minimum absolute atomic E-state index is 0.0473. The zero-order valence-electron chi connectivity index (χ0n) is 24.3. The number of para-hydroxylation sites is 4. The van der Waals surface area contributed by atoms with Crippen LogP contribution >= 0.6 is 0 Å². The largest absolute Gasteiger partial charge is 0.491 e. The van der Waals surface area contributed by atoms with Crippen molar-refractivity contribution in [3.05, 3.63) is 105 Å². The second-order valence-electron chi connectivity index (χ2n) is 10.9. The summed E-state index contributed by atoms with van der Waals surface area (Å²) in [6.45, 7) is 1.25. The predicted octanol–water partition coefficient (Wildman–Crippen LogP) is 7.50. The van der Waals surface area contributed by atoms with Crippen LogP contribution < -0.4 is 20.3 Å². The molecule has 0 aliphatic rings. The van der Waals surface area contributed by atoms with Gasteiger partial charge in [-0.05, 0) is 61.4 Å². The Morgan fingerprint density at radius 3 is 1.31 bits per heavy atom. The van der Waals surface area contributed by atoms with E-state index >= 15 is 0 Å². The van der Waals surface area contributed by atoms with Crippen LogP contribution in [0.15, 0.2) is 94.5 Å². The van der Waals surface area contributed by atoms with Crippen molar-refractivity contribution in [2.24, 2.45) is 14.1 Å². The molecule has 0 atom stereocenters. The molecule has 0 N–H and O–H groups in total. The van der Waals surface area contributed by atoms with Crippen molar-refractivity contribution in [2.45, 2.75) is 38.5 Å². The van der Waals surface area contributed by atoms with Crippen LogP contribution in [0.1, 0.15) is 38.5 Å². The average molecular weight is 561 g/mol. The van der Waals surface area contributed by atoms with Gasteiger partial charge in [0.05, 0.1) is 46.1 Å². The lowest BCUT2D eigenvalue weighted by molar-refractivity contribution is 0.299. The van der Waals surface area contributed by atoms with Crippen molar-refractivity contribution in [1.29, 1.82) is 0 Å². The summed E-state index contributed by atoms with van der Waals surface area (Å²) < 4.78 is 16.5. The molecule has 0 aliphatic carbocycles. The first-order chi connectivity index (χ1) is 20.6. The highest BCUT2D eigenvalue weighted by molar-refractivity contribution is 5.97. The normalized spacial score (nSPS) is 11.6. The number of pyridine rings is 2. The van der Waals surface area contributed by atoms with Crippen molar-refractivity contribution in [2.75, 3.05) is 13.2 Å². The third-order valence-electron chi connectivity index (χ3n) is 8.23. The van der Waals surface area contributed by atoms with E-state index in [9.17, 15) is 9.59 Å². The van der Waals surface area contributed by atoms with Crippen LogP contribution in [-0.2, 0) is 14.1 Å². The molecule has 0 fully saturated rings. The Hall–Kier alpha value is -4.58. The molecule has 0 saturated carbocycles. The van der Waals surface area contributed by atoms with Crippen LogP contribution in [0.25, 0.3) is 43.6 Å². The number of hydrogen-bond donors (Lipinski definition) is 0. The second kappa shape index (κ2) is 12.1. The zero-order valence-corrected chi connectivity index (χ0v) is 24.3. The molecule has 2 aromatic heterocycles. The molecular weight excluding hydrogens is 524 g/mol. The number of benzene rings is 4. The molecule has 214 valence electrons. The smallest absolute Gasteiger partial charge is 0.197 e. The number of ether oxygens (including phenoxy) is 2. The number of hydrogen-bond acceptors (Lipinski definition) is 4. The van der Waals surface area contributed by atoms with Gasteiger partial charge < -0.3 is 18.6 Å². The summed E-state index contributed by atoms with van der Waals surface area (Å²) in [4.78, 5) is 26.1. The van der Waals surface area contributed by atoms with Gasteiger partial charge in [-0.25, -0.2) is 0 Å². The van der Waals surface area contributed by atoms with Crippen molar-refractivity contribution in [3.8, 4) is 11.5 Å². The molecule has 6 heteroatoms. The van der Waals surface area contributed by atoms with Gasteiger partial charge in [-0.3, -0.25) is 9.59 Å². The number of nitrogens with zero attached hydrogens (tertiary/aromatic N) is 2. The van der Waals surface area contributed by atoms with E-state index in [1.807, 2.05) is 99.0 Å². The van der Waals surface area contributed by atoms with Crippen molar-refractivity contribution < 1.29 is 9.47 Å². The summed E-state index contributed by atoms with van der Waals surface area (Å²) in [5.41, 5.74) is 3.61. The number of aromatic nitrogens is 2. The van der Waals surface area contributed by atoms with E-state index in [0.29, 0.717) is 24.0 Å². The molecule has 42 heavy (non-hydrogen) atoms. The van der Waals surface area contributed by atoms with Gasteiger partial charge in [0.2, 0.25) is 0 Å². The summed E-state index contributed by atoms with van der Waals surface area (Å²) in [7, 11) is 3.98. The van der Waals surface area contributed by atoms with Crippen LogP contribution in [0.4, 0.5) is 0 Å². The maximum Gasteiger partial charge on any atom is 0.197 e. The van der Waals surface area contributed by atoms with Crippen molar-refractivity contribution >= 4 is 43.6 Å². The van der Waals surface area contributed by atoms with E-state index in [4.69, 9.17) is 9.47 Å². The topological polar surface area (TPSA) is 62.5 Å². The fraction of sp³-hybridized carbons (Fsp3) is 0.278. The highest BCUT2D eigenvalue weighted by atomic mass is 16.5. The Morgan fingerprint density at radius 2 is 0.857 bits per heavy atom.